The van der Waals surface area contributed by atoms with Gasteiger partial charge in [0.05, 0.1) is 10.5 Å². The van der Waals surface area contributed by atoms with Crippen molar-refractivity contribution in [2.45, 2.75) is 13.5 Å². The van der Waals surface area contributed by atoms with Crippen molar-refractivity contribution in [2.24, 2.45) is 5.73 Å². The Hall–Kier alpha value is -1.49. The van der Waals surface area contributed by atoms with E-state index in [0.717, 1.165) is 0 Å². The highest BCUT2D eigenvalue weighted by atomic mass is 19.1. The van der Waals surface area contributed by atoms with Gasteiger partial charge in [0.25, 0.3) is 5.69 Å². The van der Waals surface area contributed by atoms with Gasteiger partial charge in [-0.1, -0.05) is 0 Å². The van der Waals surface area contributed by atoms with Crippen molar-refractivity contribution in [3.63, 3.8) is 0 Å². The van der Waals surface area contributed by atoms with E-state index in [-0.39, 0.29) is 17.8 Å². The van der Waals surface area contributed by atoms with E-state index in [1.165, 1.54) is 19.1 Å². The highest BCUT2D eigenvalue weighted by Crippen LogP contribution is 2.22. The third-order valence-electron chi connectivity index (χ3n) is 1.81. The summed E-state index contributed by atoms with van der Waals surface area (Å²) >= 11 is 0. The molecule has 0 heterocycles. The van der Waals surface area contributed by atoms with E-state index in [1.807, 2.05) is 0 Å². The molecule has 2 N–H and O–H groups in total. The zero-order valence-corrected chi connectivity index (χ0v) is 7.08. The number of nitrogens with zero attached hydrogens (tertiary/aromatic N) is 1. The SMILES string of the molecule is Cc1c(F)cc(CN)cc1[N+](=O)[O-]. The number of nitrogens with two attached hydrogens (primary N) is 1. The van der Waals surface area contributed by atoms with Crippen LogP contribution in [0.5, 0.6) is 0 Å². The molecule has 0 saturated carbocycles. The van der Waals surface area contributed by atoms with Gasteiger partial charge in [-0.05, 0) is 18.6 Å². The van der Waals surface area contributed by atoms with Crippen molar-refractivity contribution < 1.29 is 9.31 Å². The number of rotatable bonds is 2. The summed E-state index contributed by atoms with van der Waals surface area (Å²) in [5, 5.41) is 10.4. The van der Waals surface area contributed by atoms with E-state index in [2.05, 4.69) is 0 Å². The third-order valence-corrected chi connectivity index (χ3v) is 1.81. The molecule has 13 heavy (non-hydrogen) atoms. The van der Waals surface area contributed by atoms with Crippen molar-refractivity contribution in [1.29, 1.82) is 0 Å². The molecule has 0 radical (unpaired) electrons. The molecular formula is C8H9FN2O2. The molecule has 5 heteroatoms. The van der Waals surface area contributed by atoms with Gasteiger partial charge in [-0.25, -0.2) is 4.39 Å². The monoisotopic (exact) mass is 184 g/mol. The lowest BCUT2D eigenvalue weighted by atomic mass is 10.1. The Kier molecular flexibility index (Phi) is 2.57. The van der Waals surface area contributed by atoms with E-state index in [4.69, 9.17) is 5.73 Å². The van der Waals surface area contributed by atoms with Crippen LogP contribution >= 0.6 is 0 Å². The molecule has 0 aliphatic rings. The maximum Gasteiger partial charge on any atom is 0.275 e. The summed E-state index contributed by atoms with van der Waals surface area (Å²) in [7, 11) is 0. The van der Waals surface area contributed by atoms with Gasteiger partial charge < -0.3 is 5.73 Å². The summed E-state index contributed by atoms with van der Waals surface area (Å²) in [6, 6.07) is 2.50. The van der Waals surface area contributed by atoms with Crippen LogP contribution in [0.1, 0.15) is 11.1 Å². The van der Waals surface area contributed by atoms with Crippen LogP contribution < -0.4 is 5.73 Å². The molecule has 4 nitrogen and oxygen atoms in total. The van der Waals surface area contributed by atoms with E-state index in [0.29, 0.717) is 5.56 Å². The number of nitro benzene ring substituents is 1. The average molecular weight is 184 g/mol. The molecule has 0 aliphatic heterocycles. The summed E-state index contributed by atoms with van der Waals surface area (Å²) in [5.41, 5.74) is 5.50. The highest BCUT2D eigenvalue weighted by Gasteiger charge is 2.15. The Bertz CT molecular complexity index is 352. The normalized spacial score (nSPS) is 10.1. The molecule has 0 spiro atoms. The summed E-state index contributed by atoms with van der Waals surface area (Å²) < 4.78 is 13.0. The fraction of sp³-hybridized carbons (Fsp3) is 0.250. The molecule has 0 aliphatic carbocycles. The zero-order chi connectivity index (χ0) is 10.0. The van der Waals surface area contributed by atoms with Gasteiger partial charge >= 0.3 is 0 Å². The van der Waals surface area contributed by atoms with Gasteiger partial charge in [-0.15, -0.1) is 0 Å². The summed E-state index contributed by atoms with van der Waals surface area (Å²) in [6.07, 6.45) is 0. The molecule has 0 fully saturated rings. The van der Waals surface area contributed by atoms with Crippen molar-refractivity contribution in [1.82, 2.24) is 0 Å². The molecule has 0 saturated heterocycles. The number of halogens is 1. The summed E-state index contributed by atoms with van der Waals surface area (Å²) in [4.78, 5) is 9.83. The lowest BCUT2D eigenvalue weighted by Crippen LogP contribution is -2.01. The van der Waals surface area contributed by atoms with Crippen LogP contribution in [0.15, 0.2) is 12.1 Å². The van der Waals surface area contributed by atoms with Crippen molar-refractivity contribution >= 4 is 5.69 Å². The van der Waals surface area contributed by atoms with Crippen molar-refractivity contribution in [3.8, 4) is 0 Å². The van der Waals surface area contributed by atoms with Crippen LogP contribution in [0.2, 0.25) is 0 Å². The number of benzene rings is 1. The first-order valence-corrected chi connectivity index (χ1v) is 3.69. The maximum atomic E-state index is 13.0. The molecule has 1 rings (SSSR count). The van der Waals surface area contributed by atoms with E-state index in [1.54, 1.807) is 0 Å². The minimum atomic E-state index is -0.614. The van der Waals surface area contributed by atoms with Crippen LogP contribution in [0.25, 0.3) is 0 Å². The first kappa shape index (κ1) is 9.60. The first-order chi connectivity index (χ1) is 6.06. The van der Waals surface area contributed by atoms with Crippen LogP contribution in [-0.2, 0) is 6.54 Å². The van der Waals surface area contributed by atoms with Crippen LogP contribution in [-0.4, -0.2) is 4.92 Å². The molecule has 0 unspecified atom stereocenters. The smallest absolute Gasteiger partial charge is 0.275 e. The van der Waals surface area contributed by atoms with E-state index in [9.17, 15) is 14.5 Å². The largest absolute Gasteiger partial charge is 0.326 e. The number of hydrogen-bond acceptors (Lipinski definition) is 3. The Morgan fingerprint density at radius 3 is 2.69 bits per heavy atom. The molecule has 0 amide bonds. The molecule has 0 atom stereocenters. The van der Waals surface area contributed by atoms with Gasteiger partial charge in [-0.2, -0.15) is 0 Å². The predicted octanol–water partition coefficient (Wildman–Crippen LogP) is 1.50. The maximum absolute atomic E-state index is 13.0. The molecule has 70 valence electrons. The van der Waals surface area contributed by atoms with Gasteiger partial charge in [0.2, 0.25) is 0 Å². The van der Waals surface area contributed by atoms with Crippen LogP contribution in [0, 0.1) is 22.9 Å². The van der Waals surface area contributed by atoms with E-state index < -0.39 is 10.7 Å². The Labute approximate surface area is 74.3 Å². The molecule has 0 aromatic heterocycles. The number of nitro groups is 1. The standard InChI is InChI=1S/C8H9FN2O2/c1-5-7(9)2-6(4-10)3-8(5)11(12)13/h2-3H,4,10H2,1H3. The second-order valence-electron chi connectivity index (χ2n) is 2.68. The summed E-state index contributed by atoms with van der Waals surface area (Å²) in [6.45, 7) is 1.46. The van der Waals surface area contributed by atoms with Gasteiger partial charge in [0.15, 0.2) is 0 Å². The lowest BCUT2D eigenvalue weighted by Gasteiger charge is -2.01. The molecule has 1 aromatic carbocycles. The van der Waals surface area contributed by atoms with Gasteiger partial charge in [-0.3, -0.25) is 10.1 Å². The summed E-state index contributed by atoms with van der Waals surface area (Å²) in [5.74, 6) is -0.588. The zero-order valence-electron chi connectivity index (χ0n) is 7.08. The average Bonchev–Trinajstić information content (AvgIpc) is 2.09. The minimum absolute atomic E-state index is 0.0437. The molecule has 0 bridgehead atoms. The van der Waals surface area contributed by atoms with E-state index >= 15 is 0 Å². The Balaban J connectivity index is 3.33. The predicted molar refractivity (Wildman–Crippen MR) is 45.7 cm³/mol. The second-order valence-corrected chi connectivity index (χ2v) is 2.68. The topological polar surface area (TPSA) is 69.2 Å². The highest BCUT2D eigenvalue weighted by molar-refractivity contribution is 5.43. The lowest BCUT2D eigenvalue weighted by molar-refractivity contribution is -0.385. The number of hydrogen-bond donors (Lipinski definition) is 1. The molecular weight excluding hydrogens is 175 g/mol. The van der Waals surface area contributed by atoms with Crippen molar-refractivity contribution in [2.75, 3.05) is 0 Å². The fourth-order valence-corrected chi connectivity index (χ4v) is 1.03. The van der Waals surface area contributed by atoms with Gasteiger partial charge in [0, 0.05) is 12.6 Å². The van der Waals surface area contributed by atoms with Gasteiger partial charge in [0.1, 0.15) is 5.82 Å². The van der Waals surface area contributed by atoms with Crippen molar-refractivity contribution in [3.05, 3.63) is 39.2 Å². The third kappa shape index (κ3) is 1.81. The minimum Gasteiger partial charge on any atom is -0.326 e. The quantitative estimate of drug-likeness (QED) is 0.559. The Morgan fingerprint density at radius 1 is 1.62 bits per heavy atom. The van der Waals surface area contributed by atoms with Crippen LogP contribution in [0.3, 0.4) is 0 Å². The van der Waals surface area contributed by atoms with Crippen LogP contribution in [0.4, 0.5) is 10.1 Å². The molecule has 1 aromatic rings. The Morgan fingerprint density at radius 2 is 2.23 bits per heavy atom. The first-order valence-electron chi connectivity index (χ1n) is 3.69. The second kappa shape index (κ2) is 3.49. The fourth-order valence-electron chi connectivity index (χ4n) is 1.03.